The second-order valence-corrected chi connectivity index (χ2v) is 6.04. The van der Waals surface area contributed by atoms with Gasteiger partial charge in [-0.2, -0.15) is 5.10 Å². The molecular weight excluding hydrogens is 298 g/mol. The Bertz CT molecular complexity index is 783. The Hall–Kier alpha value is -2.54. The predicted molar refractivity (Wildman–Crippen MR) is 82.1 cm³/mol. The van der Waals surface area contributed by atoms with Crippen LogP contribution in [0.4, 0.5) is 0 Å². The zero-order chi connectivity index (χ0) is 14.9. The Morgan fingerprint density at radius 1 is 1.27 bits per heavy atom. The smallest absolute Gasteiger partial charge is 0.264 e. The molecule has 1 aliphatic carbocycles. The summed E-state index contributed by atoms with van der Waals surface area (Å²) in [6.45, 7) is 0. The molecule has 0 saturated heterocycles. The van der Waals surface area contributed by atoms with E-state index in [0.29, 0.717) is 10.8 Å². The molecule has 0 radical (unpaired) electrons. The Morgan fingerprint density at radius 3 is 2.91 bits per heavy atom. The standard InChI is InChI=1S/C15H13N5OS/c21-15(14-8-16-19-22-14)18-13-6-12(13)10-7-17-20(9-10)11-4-2-1-3-5-11/h1-5,7-9,12-13H,6H2,(H,18,21)/t12-,13+/m0/s1. The first-order valence-corrected chi connectivity index (χ1v) is 7.77. The van der Waals surface area contributed by atoms with Gasteiger partial charge in [0.15, 0.2) is 0 Å². The lowest BCUT2D eigenvalue weighted by atomic mass is 10.2. The van der Waals surface area contributed by atoms with Gasteiger partial charge in [-0.3, -0.25) is 4.79 Å². The molecule has 1 aromatic carbocycles. The first kappa shape index (κ1) is 13.1. The normalized spacial score (nSPS) is 19.8. The fourth-order valence-corrected chi connectivity index (χ4v) is 2.90. The summed E-state index contributed by atoms with van der Waals surface area (Å²) < 4.78 is 5.56. The van der Waals surface area contributed by atoms with E-state index in [1.165, 1.54) is 6.20 Å². The van der Waals surface area contributed by atoms with Crippen LogP contribution in [-0.2, 0) is 0 Å². The van der Waals surface area contributed by atoms with Gasteiger partial charge in [0.2, 0.25) is 0 Å². The average molecular weight is 311 g/mol. The minimum absolute atomic E-state index is 0.0991. The lowest BCUT2D eigenvalue weighted by molar-refractivity contribution is 0.0954. The van der Waals surface area contributed by atoms with Crippen LogP contribution in [0.3, 0.4) is 0 Å². The highest BCUT2D eigenvalue weighted by molar-refractivity contribution is 7.07. The van der Waals surface area contributed by atoms with Gasteiger partial charge >= 0.3 is 0 Å². The summed E-state index contributed by atoms with van der Waals surface area (Å²) >= 11 is 1.11. The molecule has 3 aromatic rings. The third-order valence-electron chi connectivity index (χ3n) is 3.74. The molecule has 0 spiro atoms. The minimum Gasteiger partial charge on any atom is -0.348 e. The van der Waals surface area contributed by atoms with Crippen LogP contribution >= 0.6 is 11.5 Å². The summed E-state index contributed by atoms with van der Waals surface area (Å²) in [4.78, 5) is 12.5. The Kier molecular flexibility index (Phi) is 3.19. The van der Waals surface area contributed by atoms with Gasteiger partial charge in [0.25, 0.3) is 5.91 Å². The highest BCUT2D eigenvalue weighted by atomic mass is 32.1. The van der Waals surface area contributed by atoms with E-state index in [-0.39, 0.29) is 11.9 Å². The number of rotatable bonds is 4. The van der Waals surface area contributed by atoms with Crippen molar-refractivity contribution in [3.05, 3.63) is 59.4 Å². The van der Waals surface area contributed by atoms with Crippen LogP contribution in [0.25, 0.3) is 5.69 Å². The van der Waals surface area contributed by atoms with Crippen LogP contribution in [0.15, 0.2) is 48.9 Å². The Balaban J connectivity index is 1.43. The molecule has 0 bridgehead atoms. The molecule has 2 atom stereocenters. The number of hydrogen-bond acceptors (Lipinski definition) is 5. The molecule has 2 aromatic heterocycles. The molecule has 1 N–H and O–H groups in total. The van der Waals surface area contributed by atoms with Crippen molar-refractivity contribution in [2.45, 2.75) is 18.4 Å². The third-order valence-corrected chi connectivity index (χ3v) is 4.41. The second-order valence-electron chi connectivity index (χ2n) is 5.26. The fourth-order valence-electron chi connectivity index (χ4n) is 2.48. The molecule has 110 valence electrons. The van der Waals surface area contributed by atoms with Gasteiger partial charge in [0.05, 0.1) is 18.1 Å². The molecule has 0 unspecified atom stereocenters. The first-order valence-electron chi connectivity index (χ1n) is 6.99. The highest BCUT2D eigenvalue weighted by Gasteiger charge is 2.40. The largest absolute Gasteiger partial charge is 0.348 e. The molecule has 6 nitrogen and oxygen atoms in total. The summed E-state index contributed by atoms with van der Waals surface area (Å²) in [5.41, 5.74) is 2.18. The average Bonchev–Trinajstić information content (AvgIpc) is 3.02. The van der Waals surface area contributed by atoms with Gasteiger partial charge in [-0.05, 0) is 35.6 Å². The van der Waals surface area contributed by atoms with Crippen molar-refractivity contribution >= 4 is 17.4 Å². The summed E-state index contributed by atoms with van der Waals surface area (Å²) in [5, 5.41) is 11.1. The zero-order valence-electron chi connectivity index (χ0n) is 11.6. The van der Waals surface area contributed by atoms with Crippen LogP contribution in [0.5, 0.6) is 0 Å². The SMILES string of the molecule is O=C(N[C@@H]1C[C@H]1c1cnn(-c2ccccc2)c1)c1cnns1. The first-order chi connectivity index (χ1) is 10.8. The Morgan fingerprint density at radius 2 is 2.14 bits per heavy atom. The number of aromatic nitrogens is 4. The Labute approximate surface area is 131 Å². The quantitative estimate of drug-likeness (QED) is 0.800. The fraction of sp³-hybridized carbons (Fsp3) is 0.200. The maximum Gasteiger partial charge on any atom is 0.264 e. The van der Waals surface area contributed by atoms with Crippen molar-refractivity contribution in [1.29, 1.82) is 0 Å². The molecule has 1 fully saturated rings. The highest BCUT2D eigenvalue weighted by Crippen LogP contribution is 2.40. The van der Waals surface area contributed by atoms with Crippen LogP contribution in [-0.4, -0.2) is 31.3 Å². The monoisotopic (exact) mass is 311 g/mol. The van der Waals surface area contributed by atoms with Crippen molar-refractivity contribution in [3.63, 3.8) is 0 Å². The van der Waals surface area contributed by atoms with Gasteiger partial charge in [-0.15, -0.1) is 5.10 Å². The van der Waals surface area contributed by atoms with Gasteiger partial charge in [0, 0.05) is 18.2 Å². The number of hydrogen-bond donors (Lipinski definition) is 1. The van der Waals surface area contributed by atoms with Crippen LogP contribution in [0, 0.1) is 0 Å². The van der Waals surface area contributed by atoms with Gasteiger partial charge in [-0.1, -0.05) is 22.7 Å². The van der Waals surface area contributed by atoms with Crippen LogP contribution in [0.2, 0.25) is 0 Å². The molecule has 1 amide bonds. The maximum absolute atomic E-state index is 12.0. The molecule has 1 aliphatic rings. The van der Waals surface area contributed by atoms with E-state index in [0.717, 1.165) is 29.2 Å². The van der Waals surface area contributed by atoms with Gasteiger partial charge in [-0.25, -0.2) is 4.68 Å². The van der Waals surface area contributed by atoms with Crippen LogP contribution in [0.1, 0.15) is 27.6 Å². The topological polar surface area (TPSA) is 72.7 Å². The van der Waals surface area contributed by atoms with Crippen molar-refractivity contribution in [2.75, 3.05) is 0 Å². The molecule has 1 saturated carbocycles. The second kappa shape index (κ2) is 5.34. The summed E-state index contributed by atoms with van der Waals surface area (Å²) in [7, 11) is 0. The van der Waals surface area contributed by atoms with E-state index < -0.39 is 0 Å². The number of carbonyl (C=O) groups is 1. The minimum atomic E-state index is -0.0991. The van der Waals surface area contributed by atoms with E-state index in [1.807, 2.05) is 47.4 Å². The number of amides is 1. The summed E-state index contributed by atoms with van der Waals surface area (Å²) in [5.74, 6) is 0.236. The number of nitrogens with one attached hydrogen (secondary N) is 1. The zero-order valence-corrected chi connectivity index (χ0v) is 12.4. The lowest BCUT2D eigenvalue weighted by Crippen LogP contribution is -2.25. The van der Waals surface area contributed by atoms with Crippen molar-refractivity contribution in [3.8, 4) is 5.69 Å². The van der Waals surface area contributed by atoms with Crippen molar-refractivity contribution in [2.24, 2.45) is 0 Å². The number of nitrogens with zero attached hydrogens (tertiary/aromatic N) is 4. The summed E-state index contributed by atoms with van der Waals surface area (Å²) in [6.07, 6.45) is 6.34. The number of carbonyl (C=O) groups excluding carboxylic acids is 1. The van der Waals surface area contributed by atoms with E-state index in [1.54, 1.807) is 0 Å². The number of para-hydroxylation sites is 1. The number of benzene rings is 1. The van der Waals surface area contributed by atoms with E-state index in [9.17, 15) is 4.79 Å². The van der Waals surface area contributed by atoms with Gasteiger partial charge < -0.3 is 5.32 Å². The molecular formula is C15H13N5OS. The summed E-state index contributed by atoms with van der Waals surface area (Å²) in [6, 6.07) is 10.1. The van der Waals surface area contributed by atoms with Crippen LogP contribution < -0.4 is 5.32 Å². The molecule has 7 heteroatoms. The van der Waals surface area contributed by atoms with Crippen molar-refractivity contribution in [1.82, 2.24) is 24.7 Å². The molecule has 4 rings (SSSR count). The van der Waals surface area contributed by atoms with Crippen molar-refractivity contribution < 1.29 is 4.79 Å². The predicted octanol–water partition coefficient (Wildman–Crippen LogP) is 2.01. The van der Waals surface area contributed by atoms with Gasteiger partial charge in [0.1, 0.15) is 4.88 Å². The molecule has 22 heavy (non-hydrogen) atoms. The maximum atomic E-state index is 12.0. The molecule has 0 aliphatic heterocycles. The van der Waals surface area contributed by atoms with E-state index in [2.05, 4.69) is 20.0 Å². The van der Waals surface area contributed by atoms with E-state index >= 15 is 0 Å². The van der Waals surface area contributed by atoms with E-state index in [4.69, 9.17) is 0 Å². The lowest BCUT2D eigenvalue weighted by Gasteiger charge is -2.01. The third kappa shape index (κ3) is 2.50. The molecule has 2 heterocycles.